The van der Waals surface area contributed by atoms with E-state index in [1.165, 1.54) is 5.06 Å². The van der Waals surface area contributed by atoms with Gasteiger partial charge in [0.25, 0.3) is 0 Å². The zero-order chi connectivity index (χ0) is 19.0. The first-order valence-corrected chi connectivity index (χ1v) is 9.65. The first kappa shape index (κ1) is 18.0. The summed E-state index contributed by atoms with van der Waals surface area (Å²) in [4.78, 5) is 30.9. The number of carbonyl (C=O) groups is 2. The van der Waals surface area contributed by atoms with Gasteiger partial charge in [-0.05, 0) is 55.0 Å². The monoisotopic (exact) mass is 429 g/mol. The Labute approximate surface area is 165 Å². The molecule has 1 amide bonds. The third-order valence-corrected chi connectivity index (χ3v) is 5.70. The van der Waals surface area contributed by atoms with Gasteiger partial charge in [-0.3, -0.25) is 4.79 Å². The number of halogens is 1. The molecular formula is C20H20BrN3O3. The van der Waals surface area contributed by atoms with Crippen molar-refractivity contribution in [2.24, 2.45) is 5.41 Å². The summed E-state index contributed by atoms with van der Waals surface area (Å²) in [6.07, 6.45) is 2.78. The molecule has 1 atom stereocenters. The van der Waals surface area contributed by atoms with Crippen LogP contribution >= 0.6 is 15.9 Å². The van der Waals surface area contributed by atoms with E-state index in [2.05, 4.69) is 21.2 Å². The lowest BCUT2D eigenvalue weighted by Gasteiger charge is -2.22. The maximum absolute atomic E-state index is 12.9. The van der Waals surface area contributed by atoms with Crippen molar-refractivity contribution < 1.29 is 14.4 Å². The van der Waals surface area contributed by atoms with Crippen molar-refractivity contribution in [1.82, 2.24) is 5.06 Å². The van der Waals surface area contributed by atoms with Gasteiger partial charge in [0.15, 0.2) is 0 Å². The van der Waals surface area contributed by atoms with E-state index in [9.17, 15) is 9.59 Å². The predicted molar refractivity (Wildman–Crippen MR) is 106 cm³/mol. The molecule has 3 N–H and O–H groups in total. The lowest BCUT2D eigenvalue weighted by atomic mass is 10.0. The molecule has 0 unspecified atom stereocenters. The van der Waals surface area contributed by atoms with Crippen molar-refractivity contribution in [1.29, 1.82) is 0 Å². The maximum Gasteiger partial charge on any atom is 0.357 e. The number of nitrogens with zero attached hydrogens (tertiary/aromatic N) is 1. The van der Waals surface area contributed by atoms with Crippen LogP contribution in [0.15, 0.2) is 53.0 Å². The number of anilines is 2. The Bertz CT molecular complexity index is 883. The van der Waals surface area contributed by atoms with Crippen LogP contribution in [0.1, 0.15) is 29.6 Å². The standard InChI is InChI=1S/C20H20BrN3O3/c21-14-6-7-16(15(22)10-14)23-18(25)17-11-20(8-9-20)12-24(17)27-19(26)13-4-2-1-3-5-13/h1-7,10,17H,8-9,11-12,22H2,(H,23,25)/t17-/m0/s1. The number of hydroxylamine groups is 2. The molecule has 1 aliphatic carbocycles. The first-order chi connectivity index (χ1) is 13.0. The molecule has 1 saturated carbocycles. The number of carbonyl (C=O) groups excluding carboxylic acids is 2. The van der Waals surface area contributed by atoms with E-state index in [-0.39, 0.29) is 11.3 Å². The van der Waals surface area contributed by atoms with Gasteiger partial charge in [0.1, 0.15) is 6.04 Å². The zero-order valence-corrected chi connectivity index (χ0v) is 16.2. The van der Waals surface area contributed by atoms with E-state index in [1.807, 2.05) is 12.1 Å². The minimum absolute atomic E-state index is 0.0875. The van der Waals surface area contributed by atoms with Crippen LogP contribution in [0.2, 0.25) is 0 Å². The van der Waals surface area contributed by atoms with Crippen LogP contribution in [0.5, 0.6) is 0 Å². The number of hydrogen-bond donors (Lipinski definition) is 2. The number of amides is 1. The summed E-state index contributed by atoms with van der Waals surface area (Å²) in [5, 5.41) is 4.40. The highest BCUT2D eigenvalue weighted by Gasteiger charge is 2.55. The van der Waals surface area contributed by atoms with Crippen molar-refractivity contribution >= 4 is 39.2 Å². The molecule has 1 spiro atoms. The molecule has 0 bridgehead atoms. The molecule has 0 aromatic heterocycles. The van der Waals surface area contributed by atoms with Crippen LogP contribution in [0, 0.1) is 5.41 Å². The summed E-state index contributed by atoms with van der Waals surface area (Å²) in [5.74, 6) is -0.664. The Morgan fingerprint density at radius 1 is 1.19 bits per heavy atom. The van der Waals surface area contributed by atoms with Crippen LogP contribution in [0.25, 0.3) is 0 Å². The first-order valence-electron chi connectivity index (χ1n) is 8.86. The van der Waals surface area contributed by atoms with Gasteiger partial charge in [0, 0.05) is 11.0 Å². The van der Waals surface area contributed by atoms with Gasteiger partial charge in [0.05, 0.1) is 16.9 Å². The van der Waals surface area contributed by atoms with Crippen molar-refractivity contribution in [3.8, 4) is 0 Å². The quantitative estimate of drug-likeness (QED) is 0.725. The van der Waals surface area contributed by atoms with E-state index < -0.39 is 12.0 Å². The average Bonchev–Trinajstić information content (AvgIpc) is 3.31. The second kappa shape index (κ2) is 6.98. The van der Waals surface area contributed by atoms with Gasteiger partial charge in [-0.15, -0.1) is 5.06 Å². The number of benzene rings is 2. The molecule has 140 valence electrons. The van der Waals surface area contributed by atoms with Gasteiger partial charge in [-0.2, -0.15) is 0 Å². The van der Waals surface area contributed by atoms with E-state index in [4.69, 9.17) is 10.6 Å². The molecule has 6 nitrogen and oxygen atoms in total. The highest BCUT2D eigenvalue weighted by Crippen LogP contribution is 2.55. The molecule has 2 fully saturated rings. The average molecular weight is 430 g/mol. The topological polar surface area (TPSA) is 84.7 Å². The molecule has 1 aliphatic heterocycles. The third kappa shape index (κ3) is 3.84. The smallest absolute Gasteiger partial charge is 0.357 e. The van der Waals surface area contributed by atoms with E-state index in [1.54, 1.807) is 36.4 Å². The number of nitrogen functional groups attached to an aromatic ring is 1. The summed E-state index contributed by atoms with van der Waals surface area (Å²) in [7, 11) is 0. The fourth-order valence-corrected chi connectivity index (χ4v) is 3.85. The second-order valence-corrected chi connectivity index (χ2v) is 8.18. The van der Waals surface area contributed by atoms with Crippen LogP contribution in [0.4, 0.5) is 11.4 Å². The summed E-state index contributed by atoms with van der Waals surface area (Å²) in [6.45, 7) is 0.583. The minimum Gasteiger partial charge on any atom is -0.397 e. The van der Waals surface area contributed by atoms with Gasteiger partial charge in [-0.1, -0.05) is 34.1 Å². The largest absolute Gasteiger partial charge is 0.397 e. The Kier molecular flexibility index (Phi) is 4.65. The molecule has 7 heteroatoms. The second-order valence-electron chi connectivity index (χ2n) is 7.26. The SMILES string of the molecule is Nc1cc(Br)ccc1NC(=O)[C@@H]1CC2(CC2)CN1OC(=O)c1ccccc1. The normalized spacial score (nSPS) is 20.4. The summed E-state index contributed by atoms with van der Waals surface area (Å²) < 4.78 is 0.842. The Hall–Kier alpha value is -2.38. The fraction of sp³-hybridized carbons (Fsp3) is 0.300. The van der Waals surface area contributed by atoms with Gasteiger partial charge in [0.2, 0.25) is 5.91 Å². The molecule has 2 aromatic rings. The number of nitrogens with one attached hydrogen (secondary N) is 1. The van der Waals surface area contributed by atoms with Gasteiger partial charge in [-0.25, -0.2) is 4.79 Å². The third-order valence-electron chi connectivity index (χ3n) is 5.21. The Morgan fingerprint density at radius 3 is 2.59 bits per heavy atom. The lowest BCUT2D eigenvalue weighted by molar-refractivity contribution is -0.144. The number of rotatable bonds is 4. The molecular weight excluding hydrogens is 410 g/mol. The van der Waals surface area contributed by atoms with Gasteiger partial charge < -0.3 is 15.9 Å². The van der Waals surface area contributed by atoms with Crippen molar-refractivity contribution in [3.63, 3.8) is 0 Å². The molecule has 4 rings (SSSR count). The summed E-state index contributed by atoms with van der Waals surface area (Å²) in [5.41, 5.74) is 7.56. The van der Waals surface area contributed by atoms with E-state index in [0.29, 0.717) is 29.9 Å². The lowest BCUT2D eigenvalue weighted by Crippen LogP contribution is -2.41. The predicted octanol–water partition coefficient (Wildman–Crippen LogP) is 3.60. The number of nitrogens with two attached hydrogens (primary N) is 1. The summed E-state index contributed by atoms with van der Waals surface area (Å²) >= 11 is 3.35. The summed E-state index contributed by atoms with van der Waals surface area (Å²) in [6, 6.07) is 13.6. The molecule has 1 saturated heterocycles. The molecule has 2 aliphatic rings. The molecule has 27 heavy (non-hydrogen) atoms. The van der Waals surface area contributed by atoms with E-state index in [0.717, 1.165) is 17.3 Å². The van der Waals surface area contributed by atoms with Gasteiger partial charge >= 0.3 is 5.97 Å². The molecule has 0 radical (unpaired) electrons. The molecule has 2 aromatic carbocycles. The van der Waals surface area contributed by atoms with Crippen molar-refractivity contribution in [2.45, 2.75) is 25.3 Å². The Balaban J connectivity index is 1.49. The highest BCUT2D eigenvalue weighted by molar-refractivity contribution is 9.10. The van der Waals surface area contributed by atoms with E-state index >= 15 is 0 Å². The Morgan fingerprint density at radius 2 is 1.93 bits per heavy atom. The van der Waals surface area contributed by atoms with Crippen LogP contribution < -0.4 is 11.1 Å². The fourth-order valence-electron chi connectivity index (χ4n) is 3.47. The highest BCUT2D eigenvalue weighted by atomic mass is 79.9. The van der Waals surface area contributed by atoms with Crippen LogP contribution in [-0.4, -0.2) is 29.5 Å². The number of hydrogen-bond acceptors (Lipinski definition) is 5. The van der Waals surface area contributed by atoms with Crippen LogP contribution in [0.3, 0.4) is 0 Å². The maximum atomic E-state index is 12.9. The molecule has 1 heterocycles. The zero-order valence-electron chi connectivity index (χ0n) is 14.7. The van der Waals surface area contributed by atoms with Crippen LogP contribution in [-0.2, 0) is 9.63 Å². The van der Waals surface area contributed by atoms with Crippen molar-refractivity contribution in [3.05, 3.63) is 58.6 Å². The van der Waals surface area contributed by atoms with Crippen molar-refractivity contribution in [2.75, 3.05) is 17.6 Å². The minimum atomic E-state index is -0.525.